The second kappa shape index (κ2) is 8.57. The van der Waals surface area contributed by atoms with Crippen LogP contribution in [0.4, 0.5) is 0 Å². The summed E-state index contributed by atoms with van der Waals surface area (Å²) in [7, 11) is 0. The van der Waals surface area contributed by atoms with E-state index in [1.54, 1.807) is 11.3 Å². The van der Waals surface area contributed by atoms with Gasteiger partial charge in [0.15, 0.2) is 5.16 Å². The Balaban J connectivity index is 1.98. The summed E-state index contributed by atoms with van der Waals surface area (Å²) < 4.78 is 1.89. The van der Waals surface area contributed by atoms with Crippen molar-refractivity contribution >= 4 is 39.2 Å². The first-order valence-electron chi connectivity index (χ1n) is 10.2. The molecule has 2 aromatic heterocycles. The Kier molecular flexibility index (Phi) is 6.54. The maximum absolute atomic E-state index is 13.4. The van der Waals surface area contributed by atoms with E-state index >= 15 is 0 Å². The van der Waals surface area contributed by atoms with Crippen molar-refractivity contribution in [3.05, 3.63) is 20.8 Å². The molecule has 7 heteroatoms. The molecular weight excluding hydrogens is 390 g/mol. The van der Waals surface area contributed by atoms with Crippen LogP contribution < -0.4 is 5.56 Å². The highest BCUT2D eigenvalue weighted by molar-refractivity contribution is 7.99. The number of fused-ring (bicyclic) bond motifs is 1. The molecule has 0 N–H and O–H groups in total. The van der Waals surface area contributed by atoms with Crippen LogP contribution >= 0.6 is 23.1 Å². The molecule has 3 rings (SSSR count). The minimum Gasteiger partial charge on any atom is -0.337 e. The first kappa shape index (κ1) is 21.4. The van der Waals surface area contributed by atoms with Crippen LogP contribution in [0.3, 0.4) is 0 Å². The smallest absolute Gasteiger partial charge is 0.263 e. The molecule has 0 aromatic carbocycles. The zero-order valence-electron chi connectivity index (χ0n) is 17.7. The number of amides is 1. The number of hydrogen-bond acceptors (Lipinski definition) is 5. The molecule has 1 aliphatic rings. The van der Waals surface area contributed by atoms with E-state index < -0.39 is 0 Å². The quantitative estimate of drug-likeness (QED) is 0.490. The van der Waals surface area contributed by atoms with Crippen LogP contribution in [-0.4, -0.2) is 38.2 Å². The first-order chi connectivity index (χ1) is 13.2. The highest BCUT2D eigenvalue weighted by Crippen LogP contribution is 2.34. The predicted molar refractivity (Wildman–Crippen MR) is 119 cm³/mol. The second-order valence-corrected chi connectivity index (χ2v) is 10.4. The molecule has 2 heterocycles. The lowest BCUT2D eigenvalue weighted by Crippen LogP contribution is -2.43. The number of carbonyl (C=O) groups excluding carboxylic acids is 1. The van der Waals surface area contributed by atoms with Gasteiger partial charge in [-0.3, -0.25) is 14.2 Å². The molecule has 0 saturated heterocycles. The van der Waals surface area contributed by atoms with Crippen LogP contribution in [0.15, 0.2) is 9.95 Å². The van der Waals surface area contributed by atoms with Gasteiger partial charge in [0, 0.05) is 23.0 Å². The SMILES string of the molecule is Cc1sc2nc(SCC(=O)N(C(C)C)C(C)C)n(C3CCCC3)c(=O)c2c1C. The third-order valence-electron chi connectivity index (χ3n) is 5.62. The van der Waals surface area contributed by atoms with E-state index in [4.69, 9.17) is 4.98 Å². The summed E-state index contributed by atoms with van der Waals surface area (Å²) in [4.78, 5) is 34.9. The average Bonchev–Trinajstić information content (AvgIpc) is 3.21. The summed E-state index contributed by atoms with van der Waals surface area (Å²) in [6.07, 6.45) is 4.32. The molecule has 28 heavy (non-hydrogen) atoms. The fourth-order valence-electron chi connectivity index (χ4n) is 4.25. The van der Waals surface area contributed by atoms with E-state index in [0.29, 0.717) is 10.9 Å². The van der Waals surface area contributed by atoms with Crippen LogP contribution in [-0.2, 0) is 4.79 Å². The summed E-state index contributed by atoms with van der Waals surface area (Å²) in [6.45, 7) is 12.2. The molecule has 0 aliphatic heterocycles. The number of aryl methyl sites for hydroxylation is 2. The largest absolute Gasteiger partial charge is 0.337 e. The molecule has 0 spiro atoms. The fourth-order valence-corrected chi connectivity index (χ4v) is 6.25. The lowest BCUT2D eigenvalue weighted by Gasteiger charge is -2.30. The predicted octanol–water partition coefficient (Wildman–Crippen LogP) is 4.93. The van der Waals surface area contributed by atoms with Gasteiger partial charge in [-0.1, -0.05) is 24.6 Å². The zero-order chi connectivity index (χ0) is 20.6. The molecule has 0 bridgehead atoms. The zero-order valence-corrected chi connectivity index (χ0v) is 19.4. The number of hydrogen-bond donors (Lipinski definition) is 0. The Morgan fingerprint density at radius 2 is 1.82 bits per heavy atom. The van der Waals surface area contributed by atoms with Crippen molar-refractivity contribution in [1.29, 1.82) is 0 Å². The van der Waals surface area contributed by atoms with Crippen molar-refractivity contribution < 1.29 is 4.79 Å². The Labute approximate surface area is 175 Å². The molecule has 2 aromatic rings. The van der Waals surface area contributed by atoms with E-state index in [-0.39, 0.29) is 29.6 Å². The Bertz CT molecular complexity index is 916. The highest BCUT2D eigenvalue weighted by atomic mass is 32.2. The first-order valence-corrected chi connectivity index (χ1v) is 12.0. The Morgan fingerprint density at radius 1 is 1.21 bits per heavy atom. The highest BCUT2D eigenvalue weighted by Gasteiger charge is 2.26. The fraction of sp³-hybridized carbons (Fsp3) is 0.667. The minimum absolute atomic E-state index is 0.0678. The molecule has 0 atom stereocenters. The van der Waals surface area contributed by atoms with E-state index in [2.05, 4.69) is 0 Å². The normalized spacial score (nSPS) is 15.3. The molecule has 154 valence electrons. The maximum atomic E-state index is 13.4. The summed E-state index contributed by atoms with van der Waals surface area (Å²) >= 11 is 2.99. The van der Waals surface area contributed by atoms with Crippen LogP contribution in [0.5, 0.6) is 0 Å². The Morgan fingerprint density at radius 3 is 2.39 bits per heavy atom. The summed E-state index contributed by atoms with van der Waals surface area (Å²) in [5.74, 6) is 0.408. The minimum atomic E-state index is 0.0678. The third-order valence-corrected chi connectivity index (χ3v) is 7.66. The topological polar surface area (TPSA) is 55.2 Å². The van der Waals surface area contributed by atoms with Gasteiger partial charge in [-0.05, 0) is 59.9 Å². The molecule has 5 nitrogen and oxygen atoms in total. The number of aromatic nitrogens is 2. The van der Waals surface area contributed by atoms with Gasteiger partial charge in [0.2, 0.25) is 5.91 Å². The van der Waals surface area contributed by atoms with Crippen LogP contribution in [0.2, 0.25) is 0 Å². The van der Waals surface area contributed by atoms with E-state index in [1.807, 2.05) is 51.0 Å². The van der Waals surface area contributed by atoms with Gasteiger partial charge >= 0.3 is 0 Å². The molecule has 1 fully saturated rings. The summed E-state index contributed by atoms with van der Waals surface area (Å²) in [5.41, 5.74) is 1.11. The number of thiophene rings is 1. The third kappa shape index (κ3) is 4.01. The van der Waals surface area contributed by atoms with Crippen molar-refractivity contribution in [2.75, 3.05) is 5.75 Å². The lowest BCUT2D eigenvalue weighted by molar-refractivity contribution is -0.131. The molecule has 1 amide bonds. The van der Waals surface area contributed by atoms with Crippen molar-refractivity contribution in [2.24, 2.45) is 0 Å². The lowest BCUT2D eigenvalue weighted by atomic mass is 10.2. The maximum Gasteiger partial charge on any atom is 0.263 e. The molecule has 0 radical (unpaired) electrons. The number of thioether (sulfide) groups is 1. The molecule has 1 saturated carbocycles. The second-order valence-electron chi connectivity index (χ2n) is 8.25. The van der Waals surface area contributed by atoms with Gasteiger partial charge < -0.3 is 4.90 Å². The summed E-state index contributed by atoms with van der Waals surface area (Å²) in [6, 6.07) is 0.513. The van der Waals surface area contributed by atoms with Crippen molar-refractivity contribution in [1.82, 2.24) is 14.5 Å². The average molecular weight is 422 g/mol. The van der Waals surface area contributed by atoms with Gasteiger partial charge in [0.25, 0.3) is 5.56 Å². The van der Waals surface area contributed by atoms with Crippen LogP contribution in [0, 0.1) is 13.8 Å². The van der Waals surface area contributed by atoms with Gasteiger partial charge in [-0.25, -0.2) is 4.98 Å². The number of carbonyl (C=O) groups is 1. The molecule has 1 aliphatic carbocycles. The van der Waals surface area contributed by atoms with E-state index in [0.717, 1.165) is 46.3 Å². The van der Waals surface area contributed by atoms with E-state index in [9.17, 15) is 9.59 Å². The van der Waals surface area contributed by atoms with Crippen LogP contribution in [0.25, 0.3) is 10.2 Å². The molecular formula is C21H31N3O2S2. The monoisotopic (exact) mass is 421 g/mol. The van der Waals surface area contributed by atoms with Crippen LogP contribution in [0.1, 0.15) is 69.9 Å². The molecule has 0 unspecified atom stereocenters. The number of nitrogens with zero attached hydrogens (tertiary/aromatic N) is 3. The van der Waals surface area contributed by atoms with Gasteiger partial charge in [0.05, 0.1) is 11.1 Å². The summed E-state index contributed by atoms with van der Waals surface area (Å²) in [5, 5.41) is 1.46. The van der Waals surface area contributed by atoms with Crippen molar-refractivity contribution in [2.45, 2.75) is 90.5 Å². The van der Waals surface area contributed by atoms with Crippen molar-refractivity contribution in [3.63, 3.8) is 0 Å². The van der Waals surface area contributed by atoms with Gasteiger partial charge in [-0.2, -0.15) is 0 Å². The number of rotatable bonds is 6. The Hall–Kier alpha value is -1.34. The van der Waals surface area contributed by atoms with Gasteiger partial charge in [0.1, 0.15) is 4.83 Å². The standard InChI is InChI=1S/C21H31N3O2S2/c1-12(2)23(13(3)4)17(25)11-27-21-22-19-18(14(5)15(6)28-19)20(26)24(21)16-9-7-8-10-16/h12-13,16H,7-11H2,1-6H3. The van der Waals surface area contributed by atoms with Crippen molar-refractivity contribution in [3.8, 4) is 0 Å². The van der Waals surface area contributed by atoms with E-state index in [1.165, 1.54) is 11.8 Å². The van der Waals surface area contributed by atoms with Gasteiger partial charge in [-0.15, -0.1) is 11.3 Å².